The zero-order chi connectivity index (χ0) is 13.9. The molecule has 0 amide bonds. The van der Waals surface area contributed by atoms with E-state index in [0.717, 1.165) is 24.9 Å². The van der Waals surface area contributed by atoms with Crippen molar-refractivity contribution >= 4 is 0 Å². The van der Waals surface area contributed by atoms with Crippen molar-refractivity contribution in [1.29, 1.82) is 0 Å². The molecule has 2 aliphatic carbocycles. The second kappa shape index (κ2) is 4.14. The molecule has 3 heteroatoms. The van der Waals surface area contributed by atoms with Gasteiger partial charge in [0.15, 0.2) is 11.5 Å². The molecule has 0 spiro atoms. The van der Waals surface area contributed by atoms with Gasteiger partial charge in [0.05, 0.1) is 0 Å². The second-order valence-corrected chi connectivity index (χ2v) is 6.98. The Hall–Kier alpha value is -1.22. The predicted octanol–water partition coefficient (Wildman–Crippen LogP) is 2.79. The van der Waals surface area contributed by atoms with Gasteiger partial charge in [-0.3, -0.25) is 0 Å². The molecule has 2 N–H and O–H groups in total. The Morgan fingerprint density at radius 2 is 2.05 bits per heavy atom. The average Bonchev–Trinajstić information content (AvgIpc) is 2.46. The van der Waals surface area contributed by atoms with Gasteiger partial charge in [-0.1, -0.05) is 18.9 Å². The molecule has 1 aromatic rings. The van der Waals surface area contributed by atoms with Crippen LogP contribution in [0.25, 0.3) is 0 Å². The number of piperidine rings is 1. The minimum Gasteiger partial charge on any atom is -0.504 e. The molecule has 4 rings (SSSR count). The monoisotopic (exact) mass is 273 g/mol. The third-order valence-electron chi connectivity index (χ3n) is 6.21. The van der Waals surface area contributed by atoms with Crippen LogP contribution in [-0.4, -0.2) is 34.7 Å². The quantitative estimate of drug-likeness (QED) is 0.714. The van der Waals surface area contributed by atoms with Crippen LogP contribution in [0.3, 0.4) is 0 Å². The molecule has 0 unspecified atom stereocenters. The number of phenols is 2. The molecule has 2 fully saturated rings. The maximum Gasteiger partial charge on any atom is 0.161 e. The molecule has 1 aliphatic heterocycles. The fourth-order valence-electron chi connectivity index (χ4n) is 5.29. The zero-order valence-electron chi connectivity index (χ0n) is 12.1. The Labute approximate surface area is 120 Å². The summed E-state index contributed by atoms with van der Waals surface area (Å²) in [5.74, 6) is 0.868. The highest BCUT2D eigenvalue weighted by atomic mass is 16.3. The number of nitrogens with zero attached hydrogens (tertiary/aromatic N) is 1. The molecule has 0 radical (unpaired) electrons. The van der Waals surface area contributed by atoms with Crippen LogP contribution in [-0.2, 0) is 11.8 Å². The van der Waals surface area contributed by atoms with Crippen molar-refractivity contribution in [3.63, 3.8) is 0 Å². The maximum atomic E-state index is 10.5. The second-order valence-electron chi connectivity index (χ2n) is 6.98. The number of likely N-dealkylation sites (tertiary alicyclic amines) is 1. The minimum atomic E-state index is 0.0554. The highest BCUT2D eigenvalue weighted by molar-refractivity contribution is 5.55. The van der Waals surface area contributed by atoms with Crippen LogP contribution in [0.2, 0.25) is 0 Å². The van der Waals surface area contributed by atoms with E-state index < -0.39 is 0 Å². The zero-order valence-corrected chi connectivity index (χ0v) is 12.1. The smallest absolute Gasteiger partial charge is 0.161 e. The fraction of sp³-hybridized carbons (Fsp3) is 0.647. The molecule has 108 valence electrons. The van der Waals surface area contributed by atoms with Gasteiger partial charge in [-0.15, -0.1) is 0 Å². The van der Waals surface area contributed by atoms with Crippen molar-refractivity contribution in [1.82, 2.24) is 4.90 Å². The maximum absolute atomic E-state index is 10.5. The van der Waals surface area contributed by atoms with Crippen LogP contribution in [0, 0.1) is 5.92 Å². The summed E-state index contributed by atoms with van der Waals surface area (Å²) in [5, 5.41) is 20.4. The predicted molar refractivity (Wildman–Crippen MR) is 78.1 cm³/mol. The van der Waals surface area contributed by atoms with Gasteiger partial charge in [0.25, 0.3) is 0 Å². The van der Waals surface area contributed by atoms with Crippen molar-refractivity contribution < 1.29 is 10.2 Å². The number of phenolic OH excluding ortho intramolecular Hbond substituents is 2. The largest absolute Gasteiger partial charge is 0.504 e. The number of benzene rings is 1. The highest BCUT2D eigenvalue weighted by Gasteiger charge is 2.54. The summed E-state index contributed by atoms with van der Waals surface area (Å²) in [4.78, 5) is 2.51. The summed E-state index contributed by atoms with van der Waals surface area (Å²) in [6, 6.07) is 4.30. The van der Waals surface area contributed by atoms with E-state index >= 15 is 0 Å². The number of hydrogen-bond donors (Lipinski definition) is 2. The average molecular weight is 273 g/mol. The van der Waals surface area contributed by atoms with Gasteiger partial charge >= 0.3 is 0 Å². The van der Waals surface area contributed by atoms with Gasteiger partial charge < -0.3 is 15.1 Å². The summed E-state index contributed by atoms with van der Waals surface area (Å²) >= 11 is 0. The number of hydrogen-bond acceptors (Lipinski definition) is 3. The molecule has 1 saturated carbocycles. The third kappa shape index (κ3) is 1.44. The van der Waals surface area contributed by atoms with Crippen molar-refractivity contribution in [3.8, 4) is 11.5 Å². The van der Waals surface area contributed by atoms with E-state index in [9.17, 15) is 10.2 Å². The Morgan fingerprint density at radius 1 is 1.20 bits per heavy atom. The molecule has 2 bridgehead atoms. The van der Waals surface area contributed by atoms with Crippen LogP contribution >= 0.6 is 0 Å². The Bertz CT molecular complexity index is 556. The van der Waals surface area contributed by atoms with Gasteiger partial charge in [-0.25, -0.2) is 0 Å². The number of aromatic hydroxyl groups is 2. The Kier molecular flexibility index (Phi) is 2.59. The van der Waals surface area contributed by atoms with Gasteiger partial charge in [0, 0.05) is 17.0 Å². The first-order chi connectivity index (χ1) is 9.63. The highest BCUT2D eigenvalue weighted by Crippen LogP contribution is 2.58. The fourth-order valence-corrected chi connectivity index (χ4v) is 5.29. The van der Waals surface area contributed by atoms with Crippen LogP contribution in [0.5, 0.6) is 11.5 Å². The lowest BCUT2D eigenvalue weighted by Gasteiger charge is -2.58. The van der Waals surface area contributed by atoms with E-state index in [1.54, 1.807) is 6.07 Å². The Morgan fingerprint density at radius 3 is 2.90 bits per heavy atom. The summed E-state index contributed by atoms with van der Waals surface area (Å²) < 4.78 is 0. The van der Waals surface area contributed by atoms with E-state index in [-0.39, 0.29) is 16.9 Å². The lowest BCUT2D eigenvalue weighted by Crippen LogP contribution is -2.59. The van der Waals surface area contributed by atoms with Gasteiger partial charge in [-0.2, -0.15) is 0 Å². The SMILES string of the molecule is CN1CC[C@@]23CCCC[C@H]2[C@@H]1Cc1ccc(O)c(O)c13. The van der Waals surface area contributed by atoms with E-state index in [4.69, 9.17) is 0 Å². The number of likely N-dealkylation sites (N-methyl/N-ethyl adjacent to an activating group) is 1. The van der Waals surface area contributed by atoms with Crippen molar-refractivity contribution in [2.45, 2.75) is 50.0 Å². The van der Waals surface area contributed by atoms with E-state index in [2.05, 4.69) is 11.9 Å². The van der Waals surface area contributed by atoms with Crippen molar-refractivity contribution in [3.05, 3.63) is 23.3 Å². The van der Waals surface area contributed by atoms with Crippen molar-refractivity contribution in [2.75, 3.05) is 13.6 Å². The van der Waals surface area contributed by atoms with E-state index in [0.29, 0.717) is 12.0 Å². The first-order valence-electron chi connectivity index (χ1n) is 7.88. The van der Waals surface area contributed by atoms with Crippen LogP contribution in [0.15, 0.2) is 12.1 Å². The first kappa shape index (κ1) is 12.5. The molecule has 1 aromatic carbocycles. The van der Waals surface area contributed by atoms with Crippen LogP contribution in [0.1, 0.15) is 43.2 Å². The molecule has 0 aromatic heterocycles. The summed E-state index contributed by atoms with van der Waals surface area (Å²) in [7, 11) is 2.24. The normalized spacial score (nSPS) is 36.2. The molecule has 1 heterocycles. The third-order valence-corrected chi connectivity index (χ3v) is 6.21. The minimum absolute atomic E-state index is 0.0554. The lowest BCUT2D eigenvalue weighted by atomic mass is 9.52. The molecular weight excluding hydrogens is 250 g/mol. The summed E-state index contributed by atoms with van der Waals surface area (Å²) in [6.45, 7) is 1.11. The van der Waals surface area contributed by atoms with Crippen molar-refractivity contribution in [2.24, 2.45) is 5.92 Å². The summed E-state index contributed by atoms with van der Waals surface area (Å²) in [5.41, 5.74) is 2.47. The summed E-state index contributed by atoms with van der Waals surface area (Å²) in [6.07, 6.45) is 7.14. The van der Waals surface area contributed by atoms with Gasteiger partial charge in [0.2, 0.25) is 0 Å². The lowest BCUT2D eigenvalue weighted by molar-refractivity contribution is 0.00132. The molecule has 3 atom stereocenters. The van der Waals surface area contributed by atoms with Gasteiger partial charge in [0.1, 0.15) is 0 Å². The Balaban J connectivity index is 1.95. The van der Waals surface area contributed by atoms with Crippen LogP contribution in [0.4, 0.5) is 0 Å². The molecule has 20 heavy (non-hydrogen) atoms. The molecule has 1 saturated heterocycles. The molecule has 3 nitrogen and oxygen atoms in total. The standard InChI is InChI=1S/C17H23NO2/c1-18-9-8-17-7-3-2-4-12(17)13(18)10-11-5-6-14(19)16(20)15(11)17/h5-6,12-13,19-20H,2-4,7-10H2,1H3/t12-,13-,17-/m0/s1. The van der Waals surface area contributed by atoms with Gasteiger partial charge in [-0.05, 0) is 56.8 Å². The topological polar surface area (TPSA) is 43.7 Å². The first-order valence-corrected chi connectivity index (χ1v) is 7.88. The number of rotatable bonds is 0. The van der Waals surface area contributed by atoms with E-state index in [1.807, 2.05) is 6.07 Å². The molecule has 3 aliphatic rings. The number of fused-ring (bicyclic) bond motifs is 1. The van der Waals surface area contributed by atoms with Crippen LogP contribution < -0.4 is 0 Å². The molecular formula is C17H23NO2. The van der Waals surface area contributed by atoms with E-state index in [1.165, 1.54) is 31.2 Å².